The van der Waals surface area contributed by atoms with Gasteiger partial charge in [0.15, 0.2) is 0 Å². The van der Waals surface area contributed by atoms with Gasteiger partial charge in [0.05, 0.1) is 16.8 Å². The molecule has 0 atom stereocenters. The van der Waals surface area contributed by atoms with Crippen LogP contribution < -0.4 is 10.0 Å². The maximum absolute atomic E-state index is 12.5. The van der Waals surface area contributed by atoms with E-state index in [0.717, 1.165) is 11.3 Å². The summed E-state index contributed by atoms with van der Waals surface area (Å²) in [6, 6.07) is 17.8. The molecule has 0 saturated heterocycles. The molecule has 0 saturated carbocycles. The molecule has 0 aliphatic rings. The molecule has 1 aromatic heterocycles. The average Bonchev–Trinajstić information content (AvgIpc) is 2.62. The van der Waals surface area contributed by atoms with Gasteiger partial charge in [-0.3, -0.25) is 4.72 Å². The van der Waals surface area contributed by atoms with Crippen LogP contribution >= 0.6 is 11.6 Å². The van der Waals surface area contributed by atoms with Gasteiger partial charge in [0, 0.05) is 11.6 Å². The standard InChI is InChI=1S/C19H18ClN3O2S/c1-14-4-2-3-5-18(14)26(24,25)23-19-11-10-17(13-22-19)21-12-15-6-8-16(20)9-7-15/h2-11,13,21H,12H2,1H3,(H,22,23). The molecule has 2 aromatic carbocycles. The number of sulfonamides is 1. The van der Waals surface area contributed by atoms with Crippen molar-refractivity contribution in [1.29, 1.82) is 0 Å². The van der Waals surface area contributed by atoms with E-state index in [4.69, 9.17) is 11.6 Å². The van der Waals surface area contributed by atoms with Crippen molar-refractivity contribution in [2.24, 2.45) is 0 Å². The highest BCUT2D eigenvalue weighted by Gasteiger charge is 2.16. The molecule has 0 aliphatic carbocycles. The summed E-state index contributed by atoms with van der Waals surface area (Å²) >= 11 is 5.87. The minimum atomic E-state index is -3.66. The van der Waals surface area contributed by atoms with Crippen molar-refractivity contribution in [3.05, 3.63) is 83.0 Å². The van der Waals surface area contributed by atoms with Crippen molar-refractivity contribution in [3.63, 3.8) is 0 Å². The first-order valence-corrected chi connectivity index (χ1v) is 9.83. The van der Waals surface area contributed by atoms with Crippen LogP contribution in [-0.2, 0) is 16.6 Å². The Bertz CT molecular complexity index is 988. The first-order chi connectivity index (χ1) is 12.4. The van der Waals surface area contributed by atoms with E-state index in [2.05, 4.69) is 15.0 Å². The van der Waals surface area contributed by atoms with Crippen molar-refractivity contribution in [2.75, 3.05) is 10.0 Å². The van der Waals surface area contributed by atoms with E-state index in [1.807, 2.05) is 24.3 Å². The summed E-state index contributed by atoms with van der Waals surface area (Å²) in [7, 11) is -3.66. The number of rotatable bonds is 6. The summed E-state index contributed by atoms with van der Waals surface area (Å²) in [5.74, 6) is 0.269. The zero-order valence-electron chi connectivity index (χ0n) is 14.1. The molecule has 3 aromatic rings. The molecule has 0 bridgehead atoms. The van der Waals surface area contributed by atoms with E-state index >= 15 is 0 Å². The van der Waals surface area contributed by atoms with Crippen molar-refractivity contribution >= 4 is 33.1 Å². The number of nitrogens with one attached hydrogen (secondary N) is 2. The normalized spacial score (nSPS) is 11.2. The number of hydrogen-bond acceptors (Lipinski definition) is 4. The maximum atomic E-state index is 12.5. The number of anilines is 2. The largest absolute Gasteiger partial charge is 0.380 e. The topological polar surface area (TPSA) is 71.1 Å². The zero-order valence-corrected chi connectivity index (χ0v) is 15.7. The molecule has 1 heterocycles. The van der Waals surface area contributed by atoms with Crippen molar-refractivity contribution in [3.8, 4) is 0 Å². The summed E-state index contributed by atoms with van der Waals surface area (Å²) in [5, 5.41) is 3.92. The Balaban J connectivity index is 1.66. The second-order valence-corrected chi connectivity index (χ2v) is 7.87. The van der Waals surface area contributed by atoms with E-state index in [1.54, 1.807) is 49.5 Å². The summed E-state index contributed by atoms with van der Waals surface area (Å²) in [6.07, 6.45) is 1.59. The molecular formula is C19H18ClN3O2S. The number of aromatic nitrogens is 1. The summed E-state index contributed by atoms with van der Waals surface area (Å²) in [6.45, 7) is 2.37. The predicted octanol–water partition coefficient (Wildman–Crippen LogP) is 4.46. The van der Waals surface area contributed by atoms with Gasteiger partial charge in [0.1, 0.15) is 5.82 Å². The molecule has 3 rings (SSSR count). The smallest absolute Gasteiger partial charge is 0.263 e. The molecule has 26 heavy (non-hydrogen) atoms. The molecule has 134 valence electrons. The van der Waals surface area contributed by atoms with Crippen LogP contribution in [0.2, 0.25) is 5.02 Å². The molecule has 5 nitrogen and oxygen atoms in total. The Hall–Kier alpha value is -2.57. The van der Waals surface area contributed by atoms with Gasteiger partial charge in [-0.25, -0.2) is 13.4 Å². The van der Waals surface area contributed by atoms with Crippen LogP contribution in [0.5, 0.6) is 0 Å². The molecule has 7 heteroatoms. The fourth-order valence-electron chi connectivity index (χ4n) is 2.42. The van der Waals surface area contributed by atoms with Crippen LogP contribution in [0.15, 0.2) is 71.8 Å². The third-order valence-corrected chi connectivity index (χ3v) is 5.56. The minimum absolute atomic E-state index is 0.242. The van der Waals surface area contributed by atoms with Crippen LogP contribution in [0.4, 0.5) is 11.5 Å². The first kappa shape index (κ1) is 18.2. The quantitative estimate of drug-likeness (QED) is 0.655. The SMILES string of the molecule is Cc1ccccc1S(=O)(=O)Nc1ccc(NCc2ccc(Cl)cc2)cn1. The molecule has 0 unspecified atom stereocenters. The highest BCUT2D eigenvalue weighted by molar-refractivity contribution is 7.92. The second-order valence-electron chi connectivity index (χ2n) is 5.78. The van der Waals surface area contributed by atoms with Crippen LogP contribution in [0.25, 0.3) is 0 Å². The van der Waals surface area contributed by atoms with Gasteiger partial charge in [-0.15, -0.1) is 0 Å². The van der Waals surface area contributed by atoms with E-state index < -0.39 is 10.0 Å². The van der Waals surface area contributed by atoms with Gasteiger partial charge in [-0.2, -0.15) is 0 Å². The Morgan fingerprint density at radius 3 is 2.38 bits per heavy atom. The lowest BCUT2D eigenvalue weighted by atomic mass is 10.2. The highest BCUT2D eigenvalue weighted by Crippen LogP contribution is 2.19. The van der Waals surface area contributed by atoms with Gasteiger partial charge < -0.3 is 5.32 Å². The lowest BCUT2D eigenvalue weighted by Gasteiger charge is -2.11. The Labute approximate surface area is 158 Å². The molecule has 0 radical (unpaired) electrons. The van der Waals surface area contributed by atoms with Gasteiger partial charge in [-0.1, -0.05) is 41.9 Å². The van der Waals surface area contributed by atoms with Crippen molar-refractivity contribution < 1.29 is 8.42 Å². The van der Waals surface area contributed by atoms with Crippen LogP contribution in [0.3, 0.4) is 0 Å². The fourth-order valence-corrected chi connectivity index (χ4v) is 3.80. The number of aryl methyl sites for hydroxylation is 1. The lowest BCUT2D eigenvalue weighted by Crippen LogP contribution is -2.15. The van der Waals surface area contributed by atoms with Crippen LogP contribution in [0, 0.1) is 6.92 Å². The van der Waals surface area contributed by atoms with Crippen LogP contribution in [0.1, 0.15) is 11.1 Å². The Morgan fingerprint density at radius 2 is 1.73 bits per heavy atom. The number of halogens is 1. The number of hydrogen-bond donors (Lipinski definition) is 2. The molecule has 0 aliphatic heterocycles. The molecular weight excluding hydrogens is 370 g/mol. The van der Waals surface area contributed by atoms with E-state index in [0.29, 0.717) is 17.1 Å². The second kappa shape index (κ2) is 7.76. The van der Waals surface area contributed by atoms with Crippen molar-refractivity contribution in [2.45, 2.75) is 18.4 Å². The summed E-state index contributed by atoms with van der Waals surface area (Å²) in [5.41, 5.74) is 2.55. The summed E-state index contributed by atoms with van der Waals surface area (Å²) in [4.78, 5) is 4.41. The number of pyridine rings is 1. The summed E-state index contributed by atoms with van der Waals surface area (Å²) < 4.78 is 27.4. The molecule has 0 amide bonds. The molecule has 2 N–H and O–H groups in total. The minimum Gasteiger partial charge on any atom is -0.380 e. The molecule has 0 spiro atoms. The van der Waals surface area contributed by atoms with E-state index in [1.165, 1.54) is 0 Å². The first-order valence-electron chi connectivity index (χ1n) is 7.97. The Kier molecular flexibility index (Phi) is 5.44. The average molecular weight is 388 g/mol. The highest BCUT2D eigenvalue weighted by atomic mass is 35.5. The number of benzene rings is 2. The third-order valence-electron chi connectivity index (χ3n) is 3.80. The maximum Gasteiger partial charge on any atom is 0.263 e. The zero-order chi connectivity index (χ0) is 18.6. The van der Waals surface area contributed by atoms with E-state index in [9.17, 15) is 8.42 Å². The van der Waals surface area contributed by atoms with E-state index in [-0.39, 0.29) is 10.7 Å². The Morgan fingerprint density at radius 1 is 1.00 bits per heavy atom. The molecule has 0 fully saturated rings. The van der Waals surface area contributed by atoms with Crippen LogP contribution in [-0.4, -0.2) is 13.4 Å². The monoisotopic (exact) mass is 387 g/mol. The van der Waals surface area contributed by atoms with Gasteiger partial charge in [0.2, 0.25) is 0 Å². The predicted molar refractivity (Wildman–Crippen MR) is 105 cm³/mol. The van der Waals surface area contributed by atoms with Gasteiger partial charge >= 0.3 is 0 Å². The van der Waals surface area contributed by atoms with Gasteiger partial charge in [0.25, 0.3) is 10.0 Å². The third kappa shape index (κ3) is 4.53. The number of nitrogens with zero attached hydrogens (tertiary/aromatic N) is 1. The lowest BCUT2D eigenvalue weighted by molar-refractivity contribution is 0.600. The van der Waals surface area contributed by atoms with Crippen molar-refractivity contribution in [1.82, 2.24) is 4.98 Å². The van der Waals surface area contributed by atoms with Gasteiger partial charge in [-0.05, 0) is 48.4 Å². The fraction of sp³-hybridized carbons (Fsp3) is 0.105.